The fourth-order valence-electron chi connectivity index (χ4n) is 2.82. The Balaban J connectivity index is 2.18. The van der Waals surface area contributed by atoms with Crippen LogP contribution in [-0.4, -0.2) is 42.6 Å². The summed E-state index contributed by atoms with van der Waals surface area (Å²) in [7, 11) is 2.15. The maximum atomic E-state index is 5.86. The first-order valence-corrected chi connectivity index (χ1v) is 8.27. The maximum absolute atomic E-state index is 5.86. The van der Waals surface area contributed by atoms with E-state index in [4.69, 9.17) is 18.0 Å². The Hall–Kier alpha value is -0.650. The van der Waals surface area contributed by atoms with E-state index in [0.717, 1.165) is 22.3 Å². The summed E-state index contributed by atoms with van der Waals surface area (Å²) in [6.07, 6.45) is 2.38. The highest BCUT2D eigenvalue weighted by Gasteiger charge is 2.23. The van der Waals surface area contributed by atoms with E-state index in [1.807, 2.05) is 12.1 Å². The monoisotopic (exact) mass is 355 g/mol. The van der Waals surface area contributed by atoms with Gasteiger partial charge < -0.3 is 15.5 Å². The third-order valence-electron chi connectivity index (χ3n) is 4.16. The van der Waals surface area contributed by atoms with Crippen molar-refractivity contribution in [3.8, 4) is 0 Å². The molecular formula is C15H22BrN3S. The third-order valence-corrected chi connectivity index (χ3v) is 4.87. The summed E-state index contributed by atoms with van der Waals surface area (Å²) in [6.45, 7) is 5.71. The smallest absolute Gasteiger partial charge is 0.106 e. The number of nitrogens with two attached hydrogens (primary N) is 1. The average molecular weight is 356 g/mol. The Labute approximate surface area is 135 Å². The Morgan fingerprint density at radius 2 is 2.10 bits per heavy atom. The molecule has 20 heavy (non-hydrogen) atoms. The molecule has 0 bridgehead atoms. The first-order chi connectivity index (χ1) is 9.52. The van der Waals surface area contributed by atoms with Crippen molar-refractivity contribution in [2.45, 2.75) is 25.8 Å². The molecule has 1 aromatic carbocycles. The molecule has 110 valence electrons. The molecular weight excluding hydrogens is 334 g/mol. The minimum Gasteiger partial charge on any atom is -0.389 e. The molecule has 1 heterocycles. The van der Waals surface area contributed by atoms with Gasteiger partial charge in [-0.3, -0.25) is 0 Å². The maximum Gasteiger partial charge on any atom is 0.106 e. The van der Waals surface area contributed by atoms with Gasteiger partial charge in [0.1, 0.15) is 4.99 Å². The van der Waals surface area contributed by atoms with E-state index < -0.39 is 0 Å². The van der Waals surface area contributed by atoms with Gasteiger partial charge in [-0.25, -0.2) is 0 Å². The van der Waals surface area contributed by atoms with E-state index in [9.17, 15) is 0 Å². The fourth-order valence-corrected chi connectivity index (χ4v) is 3.35. The van der Waals surface area contributed by atoms with Crippen molar-refractivity contribution in [2.24, 2.45) is 5.73 Å². The van der Waals surface area contributed by atoms with Crippen LogP contribution in [0.25, 0.3) is 0 Å². The predicted octanol–water partition coefficient (Wildman–Crippen LogP) is 3.00. The zero-order chi connectivity index (χ0) is 14.7. The first-order valence-electron chi connectivity index (χ1n) is 7.07. The van der Waals surface area contributed by atoms with Gasteiger partial charge in [0.25, 0.3) is 0 Å². The molecule has 0 saturated carbocycles. The van der Waals surface area contributed by atoms with Crippen molar-refractivity contribution in [2.75, 3.05) is 31.6 Å². The third kappa shape index (κ3) is 3.51. The highest BCUT2D eigenvalue weighted by atomic mass is 79.9. The van der Waals surface area contributed by atoms with Crippen molar-refractivity contribution < 1.29 is 0 Å². The van der Waals surface area contributed by atoms with Gasteiger partial charge in [-0.2, -0.15) is 0 Å². The number of hydrogen-bond acceptors (Lipinski definition) is 3. The van der Waals surface area contributed by atoms with Gasteiger partial charge in [0.05, 0.1) is 0 Å². The normalized spacial score (nSPS) is 17.1. The molecule has 0 atom stereocenters. The van der Waals surface area contributed by atoms with Gasteiger partial charge in [0, 0.05) is 41.9 Å². The highest BCUT2D eigenvalue weighted by molar-refractivity contribution is 9.10. The van der Waals surface area contributed by atoms with E-state index in [1.165, 1.54) is 25.9 Å². The van der Waals surface area contributed by atoms with E-state index in [2.05, 4.69) is 45.8 Å². The standard InChI is InChI=1S/C15H22BrN3S/c1-3-19-8-6-12(7-9-19)18(2)14-10-11(16)4-5-13(14)15(17)20/h4-5,10,12H,3,6-9H2,1-2H3,(H2,17,20). The Bertz CT molecular complexity index is 484. The molecule has 0 spiro atoms. The molecule has 1 saturated heterocycles. The summed E-state index contributed by atoms with van der Waals surface area (Å²) < 4.78 is 1.06. The molecule has 3 nitrogen and oxygen atoms in total. The van der Waals surface area contributed by atoms with Gasteiger partial charge in [-0.05, 0) is 37.6 Å². The second kappa shape index (κ2) is 6.87. The molecule has 2 N–H and O–H groups in total. The summed E-state index contributed by atoms with van der Waals surface area (Å²) in [5.41, 5.74) is 7.95. The van der Waals surface area contributed by atoms with Crippen LogP contribution in [-0.2, 0) is 0 Å². The van der Waals surface area contributed by atoms with Crippen LogP contribution in [0.4, 0.5) is 5.69 Å². The Morgan fingerprint density at radius 1 is 1.45 bits per heavy atom. The van der Waals surface area contributed by atoms with Gasteiger partial charge in [0.2, 0.25) is 0 Å². The van der Waals surface area contributed by atoms with Crippen LogP contribution in [0.15, 0.2) is 22.7 Å². The van der Waals surface area contributed by atoms with Gasteiger partial charge in [0.15, 0.2) is 0 Å². The molecule has 5 heteroatoms. The minimum atomic E-state index is 0.463. The molecule has 0 aliphatic carbocycles. The highest BCUT2D eigenvalue weighted by Crippen LogP contribution is 2.28. The fraction of sp³-hybridized carbons (Fsp3) is 0.533. The Kier molecular flexibility index (Phi) is 5.41. The van der Waals surface area contributed by atoms with Crippen LogP contribution in [0.2, 0.25) is 0 Å². The lowest BCUT2D eigenvalue weighted by atomic mass is 10.0. The van der Waals surface area contributed by atoms with Gasteiger partial charge in [-0.15, -0.1) is 0 Å². The van der Waals surface area contributed by atoms with Crippen LogP contribution in [0.5, 0.6) is 0 Å². The Morgan fingerprint density at radius 3 is 2.65 bits per heavy atom. The molecule has 0 amide bonds. The van der Waals surface area contributed by atoms with Crippen molar-refractivity contribution in [3.05, 3.63) is 28.2 Å². The van der Waals surface area contributed by atoms with Crippen molar-refractivity contribution in [3.63, 3.8) is 0 Å². The van der Waals surface area contributed by atoms with Crippen LogP contribution < -0.4 is 10.6 Å². The average Bonchev–Trinajstić information content (AvgIpc) is 2.46. The van der Waals surface area contributed by atoms with E-state index in [-0.39, 0.29) is 0 Å². The topological polar surface area (TPSA) is 32.5 Å². The minimum absolute atomic E-state index is 0.463. The molecule has 1 aromatic rings. The lowest BCUT2D eigenvalue weighted by molar-refractivity contribution is 0.221. The largest absolute Gasteiger partial charge is 0.389 e. The summed E-state index contributed by atoms with van der Waals surface area (Å²) in [4.78, 5) is 5.30. The summed E-state index contributed by atoms with van der Waals surface area (Å²) in [5, 5.41) is 0. The zero-order valence-electron chi connectivity index (χ0n) is 12.1. The van der Waals surface area contributed by atoms with Crippen LogP contribution >= 0.6 is 28.1 Å². The summed E-state index contributed by atoms with van der Waals surface area (Å²) in [6, 6.07) is 6.66. The van der Waals surface area contributed by atoms with Crippen molar-refractivity contribution in [1.82, 2.24) is 4.90 Å². The van der Waals surface area contributed by atoms with E-state index in [1.54, 1.807) is 0 Å². The number of likely N-dealkylation sites (tertiary alicyclic amines) is 1. The van der Waals surface area contributed by atoms with E-state index >= 15 is 0 Å². The molecule has 1 aliphatic heterocycles. The van der Waals surface area contributed by atoms with Crippen LogP contribution in [0.3, 0.4) is 0 Å². The lowest BCUT2D eigenvalue weighted by Gasteiger charge is -2.38. The SMILES string of the molecule is CCN1CCC(N(C)c2cc(Br)ccc2C(N)=S)CC1. The number of anilines is 1. The molecule has 0 aromatic heterocycles. The van der Waals surface area contributed by atoms with E-state index in [0.29, 0.717) is 11.0 Å². The van der Waals surface area contributed by atoms with Gasteiger partial charge in [-0.1, -0.05) is 35.1 Å². The quantitative estimate of drug-likeness (QED) is 0.841. The first kappa shape index (κ1) is 15.7. The van der Waals surface area contributed by atoms with Crippen molar-refractivity contribution in [1.29, 1.82) is 0 Å². The second-order valence-electron chi connectivity index (χ2n) is 5.30. The van der Waals surface area contributed by atoms with Crippen LogP contribution in [0.1, 0.15) is 25.3 Å². The number of piperidine rings is 1. The number of halogens is 1. The van der Waals surface area contributed by atoms with Gasteiger partial charge >= 0.3 is 0 Å². The number of nitrogens with zero attached hydrogens (tertiary/aromatic N) is 2. The van der Waals surface area contributed by atoms with Crippen LogP contribution in [0, 0.1) is 0 Å². The molecule has 0 unspecified atom stereocenters. The summed E-state index contributed by atoms with van der Waals surface area (Å²) >= 11 is 8.72. The molecule has 1 fully saturated rings. The second-order valence-corrected chi connectivity index (χ2v) is 6.66. The number of benzene rings is 1. The number of thiocarbonyl (C=S) groups is 1. The van der Waals surface area contributed by atoms with Crippen molar-refractivity contribution >= 4 is 38.8 Å². The summed E-state index contributed by atoms with van der Waals surface area (Å²) in [5.74, 6) is 0. The molecule has 1 aliphatic rings. The predicted molar refractivity (Wildman–Crippen MR) is 93.6 cm³/mol. The number of rotatable bonds is 4. The molecule has 2 rings (SSSR count). The number of hydrogen-bond donors (Lipinski definition) is 1. The lowest BCUT2D eigenvalue weighted by Crippen LogP contribution is -2.43. The molecule has 0 radical (unpaired) electrons. The zero-order valence-corrected chi connectivity index (χ0v) is 14.5.